The normalized spacial score (nSPS) is 22.3. The third-order valence-corrected chi connectivity index (χ3v) is 6.72. The maximum atomic E-state index is 12.6. The molecule has 1 aromatic heterocycles. The number of carbonyl (C=O) groups excluding carboxylic acids is 1. The molecule has 2 aliphatic heterocycles. The van der Waals surface area contributed by atoms with Gasteiger partial charge in [0.1, 0.15) is 11.4 Å². The number of thioether (sulfide) groups is 1. The second-order valence-electron chi connectivity index (χ2n) is 10.5. The highest BCUT2D eigenvalue weighted by Gasteiger charge is 2.54. The summed E-state index contributed by atoms with van der Waals surface area (Å²) < 4.78 is 23.8. The van der Waals surface area contributed by atoms with Crippen molar-refractivity contribution in [3.63, 3.8) is 0 Å². The summed E-state index contributed by atoms with van der Waals surface area (Å²) in [5, 5.41) is 4.10. The number of methoxy groups -OCH3 is 1. The predicted octanol–water partition coefficient (Wildman–Crippen LogP) is 3.32. The zero-order chi connectivity index (χ0) is 24.6. The molecule has 184 valence electrons. The van der Waals surface area contributed by atoms with Crippen LogP contribution in [0.2, 0.25) is 0 Å². The zero-order valence-electron chi connectivity index (χ0n) is 21.3. The van der Waals surface area contributed by atoms with Crippen molar-refractivity contribution in [3.05, 3.63) is 0 Å². The van der Waals surface area contributed by atoms with Crippen LogP contribution in [0.25, 0.3) is 0 Å². The Morgan fingerprint density at radius 2 is 1.85 bits per heavy atom. The van der Waals surface area contributed by atoms with Crippen LogP contribution in [-0.2, 0) is 14.0 Å². The van der Waals surface area contributed by atoms with Crippen LogP contribution in [-0.4, -0.2) is 77.4 Å². The van der Waals surface area contributed by atoms with Gasteiger partial charge in [0.15, 0.2) is 5.16 Å². The molecule has 1 atom stereocenters. The fraction of sp³-hybridized carbons (Fsp3) is 0.773. The highest BCUT2D eigenvalue weighted by atomic mass is 32.2. The molecule has 0 aromatic carbocycles. The summed E-state index contributed by atoms with van der Waals surface area (Å²) >= 11 is 1.43. The molecular weight excluding hydrogens is 443 g/mol. The van der Waals surface area contributed by atoms with Crippen LogP contribution in [0, 0.1) is 0 Å². The van der Waals surface area contributed by atoms with Gasteiger partial charge in [-0.1, -0.05) is 11.8 Å². The van der Waals surface area contributed by atoms with E-state index in [2.05, 4.69) is 10.3 Å². The zero-order valence-corrected chi connectivity index (χ0v) is 22.1. The molecule has 0 unspecified atom stereocenters. The van der Waals surface area contributed by atoms with E-state index in [-0.39, 0.29) is 12.1 Å². The molecule has 0 aliphatic carbocycles. The Bertz CT molecular complexity index is 861. The Kier molecular flexibility index (Phi) is 7.46. The highest BCUT2D eigenvalue weighted by molar-refractivity contribution is 7.98. The first kappa shape index (κ1) is 25.9. The maximum Gasteiger partial charge on any atom is 0.504 e. The van der Waals surface area contributed by atoms with Gasteiger partial charge in [0.25, 0.3) is 0 Å². The number of amides is 1. The van der Waals surface area contributed by atoms with Crippen molar-refractivity contribution < 1.29 is 23.6 Å². The molecule has 11 heteroatoms. The fourth-order valence-electron chi connectivity index (χ4n) is 3.74. The van der Waals surface area contributed by atoms with Crippen molar-refractivity contribution in [1.82, 2.24) is 14.9 Å². The maximum absolute atomic E-state index is 12.6. The number of rotatable bonds is 5. The second-order valence-corrected chi connectivity index (χ2v) is 11.3. The molecule has 3 heterocycles. The lowest BCUT2D eigenvalue weighted by Gasteiger charge is -2.35. The minimum atomic E-state index is -0.686. The van der Waals surface area contributed by atoms with Crippen molar-refractivity contribution in [3.8, 4) is 5.88 Å². The van der Waals surface area contributed by atoms with Gasteiger partial charge in [0.05, 0.1) is 23.8 Å². The number of anilines is 1. The lowest BCUT2D eigenvalue weighted by atomic mass is 9.79. The molecule has 0 saturated carbocycles. The van der Waals surface area contributed by atoms with Gasteiger partial charge in [-0.25, -0.2) is 9.78 Å². The lowest BCUT2D eigenvalue weighted by Crippen LogP contribution is -2.48. The van der Waals surface area contributed by atoms with E-state index in [9.17, 15) is 4.79 Å². The van der Waals surface area contributed by atoms with Crippen LogP contribution in [0.15, 0.2) is 5.16 Å². The van der Waals surface area contributed by atoms with Crippen molar-refractivity contribution in [2.24, 2.45) is 0 Å². The van der Waals surface area contributed by atoms with Crippen molar-refractivity contribution in [2.75, 3.05) is 31.8 Å². The summed E-state index contributed by atoms with van der Waals surface area (Å²) in [6.45, 7) is 14.8. The summed E-state index contributed by atoms with van der Waals surface area (Å²) in [5.41, 5.74) is -0.940. The average molecular weight is 480 g/mol. The molecule has 3 rings (SSSR count). The summed E-state index contributed by atoms with van der Waals surface area (Å²) in [4.78, 5) is 23.6. The first-order valence-electron chi connectivity index (χ1n) is 11.4. The molecule has 0 spiro atoms. The van der Waals surface area contributed by atoms with E-state index in [1.165, 1.54) is 11.8 Å². The summed E-state index contributed by atoms with van der Waals surface area (Å²) in [5.74, 6) is 1.01. The van der Waals surface area contributed by atoms with Crippen LogP contribution < -0.4 is 15.5 Å². The fourth-order valence-corrected chi connectivity index (χ4v) is 4.10. The Hall–Kier alpha value is -1.72. The Morgan fingerprint density at radius 1 is 1.21 bits per heavy atom. The number of likely N-dealkylation sites (tertiary alicyclic amines) is 1. The average Bonchev–Trinajstić information content (AvgIpc) is 2.92. The molecular formula is C22H37BN4O5S. The van der Waals surface area contributed by atoms with Gasteiger partial charge in [-0.15, -0.1) is 0 Å². The van der Waals surface area contributed by atoms with E-state index in [4.69, 9.17) is 23.8 Å². The SMILES string of the molecule is COc1nc(SC)nc(N[C@@H]2CCCN(C(=O)OC(C)(C)C)C2)c1B1OC(C)(C)C(C)(C)O1. The van der Waals surface area contributed by atoms with Crippen molar-refractivity contribution in [2.45, 2.75) is 89.3 Å². The third kappa shape index (κ3) is 5.86. The third-order valence-electron chi connectivity index (χ3n) is 6.17. The number of hydrogen-bond donors (Lipinski definition) is 1. The highest BCUT2D eigenvalue weighted by Crippen LogP contribution is 2.38. The van der Waals surface area contributed by atoms with Gasteiger partial charge in [-0.2, -0.15) is 4.98 Å². The number of ether oxygens (including phenoxy) is 2. The molecule has 1 amide bonds. The first-order chi connectivity index (χ1) is 15.3. The van der Waals surface area contributed by atoms with Gasteiger partial charge in [-0.3, -0.25) is 0 Å². The lowest BCUT2D eigenvalue weighted by molar-refractivity contribution is 0.00578. The van der Waals surface area contributed by atoms with Gasteiger partial charge < -0.3 is 29.0 Å². The molecule has 2 saturated heterocycles. The van der Waals surface area contributed by atoms with E-state index in [1.807, 2.05) is 54.7 Å². The topological polar surface area (TPSA) is 95.0 Å². The van der Waals surface area contributed by atoms with Crippen LogP contribution in [0.4, 0.5) is 10.6 Å². The largest absolute Gasteiger partial charge is 0.504 e. The van der Waals surface area contributed by atoms with E-state index in [0.717, 1.165) is 12.8 Å². The quantitative estimate of drug-likeness (QED) is 0.387. The monoisotopic (exact) mass is 480 g/mol. The van der Waals surface area contributed by atoms with Gasteiger partial charge >= 0.3 is 13.2 Å². The van der Waals surface area contributed by atoms with Crippen LogP contribution >= 0.6 is 11.8 Å². The summed E-state index contributed by atoms with van der Waals surface area (Å²) in [6.07, 6.45) is 3.37. The minimum absolute atomic E-state index is 0.0123. The molecule has 9 nitrogen and oxygen atoms in total. The smallest absolute Gasteiger partial charge is 0.481 e. The van der Waals surface area contributed by atoms with Gasteiger partial charge in [-0.05, 0) is 67.6 Å². The van der Waals surface area contributed by atoms with Crippen molar-refractivity contribution in [1.29, 1.82) is 0 Å². The Balaban J connectivity index is 1.88. The summed E-state index contributed by atoms with van der Waals surface area (Å²) in [7, 11) is 0.893. The van der Waals surface area contributed by atoms with Gasteiger partial charge in [0, 0.05) is 19.1 Å². The number of nitrogens with zero attached hydrogens (tertiary/aromatic N) is 3. The van der Waals surface area contributed by atoms with Crippen LogP contribution in [0.5, 0.6) is 5.88 Å². The van der Waals surface area contributed by atoms with Crippen LogP contribution in [0.3, 0.4) is 0 Å². The van der Waals surface area contributed by atoms with Gasteiger partial charge in [0.2, 0.25) is 5.88 Å². The predicted molar refractivity (Wildman–Crippen MR) is 131 cm³/mol. The van der Waals surface area contributed by atoms with E-state index < -0.39 is 23.9 Å². The number of hydrogen-bond acceptors (Lipinski definition) is 9. The molecule has 2 aliphatic rings. The number of piperidine rings is 1. The number of carbonyl (C=O) groups is 1. The second kappa shape index (κ2) is 9.50. The molecule has 2 fully saturated rings. The first-order valence-corrected chi connectivity index (χ1v) is 12.6. The molecule has 0 radical (unpaired) electrons. The van der Waals surface area contributed by atoms with E-state index in [0.29, 0.717) is 35.4 Å². The number of aromatic nitrogens is 2. The van der Waals surface area contributed by atoms with Crippen LogP contribution in [0.1, 0.15) is 61.3 Å². The minimum Gasteiger partial charge on any atom is -0.481 e. The Morgan fingerprint density at radius 3 is 2.39 bits per heavy atom. The van der Waals surface area contributed by atoms with Crippen molar-refractivity contribution >= 4 is 36.3 Å². The number of nitrogens with one attached hydrogen (secondary N) is 1. The molecule has 0 bridgehead atoms. The van der Waals surface area contributed by atoms with E-state index in [1.54, 1.807) is 12.0 Å². The standard InChI is InChI=1S/C22H37BN4O5S/c1-20(2,3)30-19(28)27-12-10-11-14(13-27)24-16-15(17(29-8)26-18(25-16)33-9)23-31-21(4,5)22(6,7)32-23/h14H,10-13H2,1-9H3,(H,24,25,26)/t14-/m1/s1. The Labute approximate surface area is 201 Å². The molecule has 1 aromatic rings. The molecule has 33 heavy (non-hydrogen) atoms. The summed E-state index contributed by atoms with van der Waals surface area (Å²) in [6, 6.07) is -0.0123. The molecule has 1 N–H and O–H groups in total. The van der Waals surface area contributed by atoms with E-state index >= 15 is 0 Å².